The average Bonchev–Trinajstić information content (AvgIpc) is 3.35. The van der Waals surface area contributed by atoms with Gasteiger partial charge in [0.15, 0.2) is 9.84 Å². The molecule has 0 aliphatic carbocycles. The second kappa shape index (κ2) is 9.87. The highest BCUT2D eigenvalue weighted by Crippen LogP contribution is 2.34. The van der Waals surface area contributed by atoms with Crippen LogP contribution in [0.4, 0.5) is 0 Å². The lowest BCUT2D eigenvalue weighted by atomic mass is 9.98. The fraction of sp³-hybridized carbons (Fsp3) is 0.241. The summed E-state index contributed by atoms with van der Waals surface area (Å²) in [5, 5.41) is 2.90. The lowest BCUT2D eigenvalue weighted by molar-refractivity contribution is 0.296. The van der Waals surface area contributed by atoms with Crippen LogP contribution >= 0.6 is 11.3 Å². The number of nitrogens with zero attached hydrogens (tertiary/aromatic N) is 1. The summed E-state index contributed by atoms with van der Waals surface area (Å²) in [6.07, 6.45) is 3.88. The molecule has 1 aliphatic rings. The summed E-state index contributed by atoms with van der Waals surface area (Å²) < 4.78 is 28.6. The fourth-order valence-corrected chi connectivity index (χ4v) is 7.49. The molecular formula is C29H29NO2S2. The average molecular weight is 488 g/mol. The first-order valence-electron chi connectivity index (χ1n) is 11.8. The van der Waals surface area contributed by atoms with Crippen LogP contribution in [0.2, 0.25) is 0 Å². The fourth-order valence-electron chi connectivity index (χ4n) is 4.77. The van der Waals surface area contributed by atoms with E-state index in [1.807, 2.05) is 49.4 Å². The monoisotopic (exact) mass is 487 g/mol. The van der Waals surface area contributed by atoms with Gasteiger partial charge in [-0.2, -0.15) is 0 Å². The van der Waals surface area contributed by atoms with Crippen LogP contribution in [0.3, 0.4) is 0 Å². The van der Waals surface area contributed by atoms with Gasteiger partial charge >= 0.3 is 0 Å². The van der Waals surface area contributed by atoms with E-state index < -0.39 is 15.1 Å². The number of sulfone groups is 1. The molecule has 0 N–H and O–H groups in total. The molecule has 174 valence electrons. The van der Waals surface area contributed by atoms with Crippen molar-refractivity contribution in [3.63, 3.8) is 0 Å². The molecule has 1 aliphatic heterocycles. The smallest absolute Gasteiger partial charge is 0.185 e. The molecule has 3 nitrogen and oxygen atoms in total. The predicted molar refractivity (Wildman–Crippen MR) is 143 cm³/mol. The van der Waals surface area contributed by atoms with Crippen molar-refractivity contribution < 1.29 is 8.42 Å². The van der Waals surface area contributed by atoms with Crippen LogP contribution in [0, 0.1) is 6.92 Å². The third-order valence-corrected chi connectivity index (χ3v) is 9.87. The Balaban J connectivity index is 1.33. The van der Waals surface area contributed by atoms with E-state index in [-0.39, 0.29) is 0 Å². The highest BCUT2D eigenvalue weighted by molar-refractivity contribution is 7.91. The number of benzene rings is 3. The summed E-state index contributed by atoms with van der Waals surface area (Å²) in [7, 11) is -3.48. The van der Waals surface area contributed by atoms with Gasteiger partial charge < -0.3 is 0 Å². The molecule has 3 aromatic carbocycles. The molecule has 1 unspecified atom stereocenters. The van der Waals surface area contributed by atoms with Crippen molar-refractivity contribution in [3.05, 3.63) is 107 Å². The zero-order valence-corrected chi connectivity index (χ0v) is 21.0. The summed E-state index contributed by atoms with van der Waals surface area (Å²) in [6.45, 7) is 4.52. The van der Waals surface area contributed by atoms with Gasteiger partial charge in [-0.05, 0) is 65.4 Å². The van der Waals surface area contributed by atoms with Crippen molar-refractivity contribution >= 4 is 36.8 Å². The second-order valence-corrected chi connectivity index (χ2v) is 12.0. The number of hydrogen-bond donors (Lipinski definition) is 0. The molecule has 0 spiro atoms. The Morgan fingerprint density at radius 2 is 1.74 bits per heavy atom. The van der Waals surface area contributed by atoms with E-state index in [9.17, 15) is 8.42 Å². The first-order valence-corrected chi connectivity index (χ1v) is 14.2. The molecule has 34 heavy (non-hydrogen) atoms. The lowest BCUT2D eigenvalue weighted by Gasteiger charge is -2.28. The van der Waals surface area contributed by atoms with E-state index in [0.29, 0.717) is 11.3 Å². The predicted octanol–water partition coefficient (Wildman–Crippen LogP) is 6.90. The maximum Gasteiger partial charge on any atom is 0.185 e. The number of aryl methyl sites for hydroxylation is 1. The molecule has 0 amide bonds. The van der Waals surface area contributed by atoms with Crippen molar-refractivity contribution in [2.45, 2.75) is 29.9 Å². The molecule has 0 fully saturated rings. The molecule has 0 radical (unpaired) electrons. The molecule has 0 saturated carbocycles. The topological polar surface area (TPSA) is 37.4 Å². The van der Waals surface area contributed by atoms with Gasteiger partial charge in [-0.1, -0.05) is 72.3 Å². The Labute approximate surface area is 206 Å². The highest BCUT2D eigenvalue weighted by Gasteiger charge is 2.29. The van der Waals surface area contributed by atoms with Crippen LogP contribution in [0.5, 0.6) is 0 Å². The van der Waals surface area contributed by atoms with E-state index in [1.165, 1.54) is 21.2 Å². The number of fused-ring (bicyclic) bond motifs is 1. The van der Waals surface area contributed by atoms with E-state index in [2.05, 4.69) is 40.6 Å². The molecular weight excluding hydrogens is 458 g/mol. The van der Waals surface area contributed by atoms with Crippen LogP contribution in [-0.4, -0.2) is 33.0 Å². The summed E-state index contributed by atoms with van der Waals surface area (Å²) in [4.78, 5) is 2.77. The van der Waals surface area contributed by atoms with Crippen LogP contribution in [0.1, 0.15) is 34.8 Å². The van der Waals surface area contributed by atoms with Crippen molar-refractivity contribution in [1.29, 1.82) is 0 Å². The zero-order valence-electron chi connectivity index (χ0n) is 19.4. The van der Waals surface area contributed by atoms with Gasteiger partial charge in [-0.3, -0.25) is 4.90 Å². The van der Waals surface area contributed by atoms with Crippen molar-refractivity contribution in [1.82, 2.24) is 4.90 Å². The first-order chi connectivity index (χ1) is 16.5. The van der Waals surface area contributed by atoms with Gasteiger partial charge in [0.1, 0.15) is 0 Å². The van der Waals surface area contributed by atoms with Gasteiger partial charge in [-0.15, -0.1) is 11.3 Å². The van der Waals surface area contributed by atoms with Crippen molar-refractivity contribution in [2.24, 2.45) is 0 Å². The minimum atomic E-state index is -3.48. The quantitative estimate of drug-likeness (QED) is 0.284. The summed E-state index contributed by atoms with van der Waals surface area (Å²) in [5.74, 6) is 0. The molecule has 5 heteroatoms. The third-order valence-electron chi connectivity index (χ3n) is 6.72. The highest BCUT2D eigenvalue weighted by atomic mass is 32.2. The minimum absolute atomic E-state index is 0.400. The first kappa shape index (κ1) is 23.0. The van der Waals surface area contributed by atoms with E-state index in [0.717, 1.165) is 37.2 Å². The largest absolute Gasteiger partial charge is 0.299 e. The van der Waals surface area contributed by atoms with E-state index in [1.54, 1.807) is 23.5 Å². The molecule has 4 aromatic rings. The van der Waals surface area contributed by atoms with Crippen LogP contribution in [0.15, 0.2) is 95.2 Å². The molecule has 0 bridgehead atoms. The Kier molecular flexibility index (Phi) is 6.68. The van der Waals surface area contributed by atoms with E-state index in [4.69, 9.17) is 0 Å². The molecule has 2 heterocycles. The molecule has 1 aromatic heterocycles. The number of hydrogen-bond acceptors (Lipinski definition) is 4. The van der Waals surface area contributed by atoms with Crippen LogP contribution < -0.4 is 0 Å². The number of thiophene rings is 1. The maximum atomic E-state index is 13.6. The van der Waals surface area contributed by atoms with Gasteiger partial charge in [-0.25, -0.2) is 8.42 Å². The lowest BCUT2D eigenvalue weighted by Crippen LogP contribution is -2.31. The third kappa shape index (κ3) is 4.74. The standard InChI is InChI=1S/C29H29NO2S2/c1-22-10-12-26(13-11-22)34(31,32)28(24-6-3-2-4-7-24)16-20-30-18-14-23(15-19-30)27-9-5-8-25-17-21-33-29(25)27/h2-14,17,21,28H,15-16,18-20H2,1H3. The molecule has 1 atom stereocenters. The van der Waals surface area contributed by atoms with Gasteiger partial charge in [0.2, 0.25) is 0 Å². The SMILES string of the molecule is Cc1ccc(S(=O)(=O)C(CCN2CC=C(c3cccc4ccsc34)CC2)c2ccccc2)cc1. The Morgan fingerprint density at radius 1 is 0.941 bits per heavy atom. The second-order valence-electron chi connectivity index (χ2n) is 8.97. The maximum absolute atomic E-state index is 13.6. The molecule has 5 rings (SSSR count). The minimum Gasteiger partial charge on any atom is -0.299 e. The summed E-state index contributed by atoms with van der Waals surface area (Å²) in [6, 6.07) is 25.6. The van der Waals surface area contributed by atoms with Crippen molar-refractivity contribution in [2.75, 3.05) is 19.6 Å². The van der Waals surface area contributed by atoms with E-state index >= 15 is 0 Å². The van der Waals surface area contributed by atoms with Gasteiger partial charge in [0.05, 0.1) is 10.1 Å². The Hall–Kier alpha value is -2.73. The Bertz CT molecular complexity index is 1400. The number of rotatable bonds is 7. The van der Waals surface area contributed by atoms with Gasteiger partial charge in [0.25, 0.3) is 0 Å². The summed E-state index contributed by atoms with van der Waals surface area (Å²) >= 11 is 1.80. The Morgan fingerprint density at radius 3 is 2.47 bits per heavy atom. The summed E-state index contributed by atoms with van der Waals surface area (Å²) in [5.41, 5.74) is 4.66. The van der Waals surface area contributed by atoms with Gasteiger partial charge in [0, 0.05) is 24.3 Å². The van der Waals surface area contributed by atoms with Crippen molar-refractivity contribution in [3.8, 4) is 0 Å². The van der Waals surface area contributed by atoms with Crippen LogP contribution in [-0.2, 0) is 9.84 Å². The van der Waals surface area contributed by atoms with Crippen LogP contribution in [0.25, 0.3) is 15.7 Å². The molecule has 0 saturated heterocycles. The normalized spacial score (nSPS) is 15.9. The zero-order chi connectivity index (χ0) is 23.5.